The van der Waals surface area contributed by atoms with Gasteiger partial charge in [0.05, 0.1) is 4.92 Å². The monoisotopic (exact) mass is 322 g/mol. The number of nitro benzene ring substituents is 1. The van der Waals surface area contributed by atoms with Gasteiger partial charge in [0.25, 0.3) is 5.69 Å². The zero-order valence-electron chi connectivity index (χ0n) is 13.8. The van der Waals surface area contributed by atoms with Crippen molar-refractivity contribution in [2.45, 2.75) is 26.2 Å². The number of aromatic nitrogens is 3. The summed E-state index contributed by atoms with van der Waals surface area (Å²) in [6.07, 6.45) is 0. The van der Waals surface area contributed by atoms with Crippen LogP contribution >= 0.6 is 0 Å². The Morgan fingerprint density at radius 2 is 1.75 bits per heavy atom. The lowest BCUT2D eigenvalue weighted by Crippen LogP contribution is -2.10. The lowest BCUT2D eigenvalue weighted by molar-refractivity contribution is -0.384. The molecule has 2 aromatic carbocycles. The van der Waals surface area contributed by atoms with Gasteiger partial charge in [-0.1, -0.05) is 57.2 Å². The first-order valence-electron chi connectivity index (χ1n) is 7.63. The van der Waals surface area contributed by atoms with E-state index in [1.165, 1.54) is 17.7 Å². The lowest BCUT2D eigenvalue weighted by atomic mass is 9.87. The molecule has 0 fully saturated rings. The quantitative estimate of drug-likeness (QED) is 0.574. The molecule has 1 aromatic heterocycles. The van der Waals surface area contributed by atoms with E-state index in [-0.39, 0.29) is 11.1 Å². The van der Waals surface area contributed by atoms with Crippen molar-refractivity contribution in [3.63, 3.8) is 0 Å². The molecule has 0 amide bonds. The van der Waals surface area contributed by atoms with E-state index in [0.29, 0.717) is 17.2 Å². The highest BCUT2D eigenvalue weighted by atomic mass is 16.6. The van der Waals surface area contributed by atoms with E-state index < -0.39 is 4.92 Å². The maximum atomic E-state index is 10.9. The van der Waals surface area contributed by atoms with Gasteiger partial charge in [0.1, 0.15) is 0 Å². The number of nitrogens with zero attached hydrogens (tertiary/aromatic N) is 3. The second-order valence-electron chi connectivity index (χ2n) is 6.64. The number of benzene rings is 2. The fraction of sp³-hybridized carbons (Fsp3) is 0.222. The smallest absolute Gasteiger partial charge is 0.259 e. The van der Waals surface area contributed by atoms with E-state index in [2.05, 4.69) is 48.1 Å². The molecule has 24 heavy (non-hydrogen) atoms. The summed E-state index contributed by atoms with van der Waals surface area (Å²) in [5.74, 6) is 1.07. The van der Waals surface area contributed by atoms with Gasteiger partial charge in [-0.3, -0.25) is 15.2 Å². The van der Waals surface area contributed by atoms with Crippen LogP contribution in [0.2, 0.25) is 0 Å². The highest BCUT2D eigenvalue weighted by Gasteiger charge is 2.15. The number of hydrogen-bond acceptors (Lipinski definition) is 4. The molecule has 0 aliphatic carbocycles. The van der Waals surface area contributed by atoms with Gasteiger partial charge < -0.3 is 0 Å². The number of non-ortho nitro benzene ring substituents is 1. The van der Waals surface area contributed by atoms with Crippen LogP contribution < -0.4 is 0 Å². The van der Waals surface area contributed by atoms with Gasteiger partial charge in [0, 0.05) is 23.3 Å². The van der Waals surface area contributed by atoms with Crippen molar-refractivity contribution in [2.75, 3.05) is 0 Å². The summed E-state index contributed by atoms with van der Waals surface area (Å²) in [6.45, 7) is 6.49. The molecular weight excluding hydrogens is 304 g/mol. The van der Waals surface area contributed by atoms with Crippen LogP contribution in [0.1, 0.15) is 26.3 Å². The third-order valence-electron chi connectivity index (χ3n) is 3.82. The predicted molar refractivity (Wildman–Crippen MR) is 92.6 cm³/mol. The van der Waals surface area contributed by atoms with Crippen LogP contribution in [0.3, 0.4) is 0 Å². The maximum absolute atomic E-state index is 10.9. The Balaban J connectivity index is 1.91. The Bertz CT molecular complexity index is 877. The summed E-state index contributed by atoms with van der Waals surface area (Å²) in [5, 5.41) is 18.0. The van der Waals surface area contributed by atoms with Crippen molar-refractivity contribution < 1.29 is 4.92 Å². The average molecular weight is 322 g/mol. The van der Waals surface area contributed by atoms with Crippen LogP contribution in [0.4, 0.5) is 5.69 Å². The zero-order valence-corrected chi connectivity index (χ0v) is 13.8. The van der Waals surface area contributed by atoms with Crippen molar-refractivity contribution in [2.24, 2.45) is 0 Å². The van der Waals surface area contributed by atoms with Crippen LogP contribution in [-0.2, 0) is 5.41 Å². The van der Waals surface area contributed by atoms with Crippen molar-refractivity contribution in [1.29, 1.82) is 0 Å². The van der Waals surface area contributed by atoms with Gasteiger partial charge in [-0.2, -0.15) is 5.10 Å². The van der Waals surface area contributed by atoms with Crippen LogP contribution in [0.25, 0.3) is 22.8 Å². The number of nitro groups is 1. The van der Waals surface area contributed by atoms with Gasteiger partial charge in [-0.15, -0.1) is 0 Å². The Kier molecular flexibility index (Phi) is 3.89. The van der Waals surface area contributed by atoms with Crippen LogP contribution in [0.15, 0.2) is 48.5 Å². The number of hydrogen-bond donors (Lipinski definition) is 1. The summed E-state index contributed by atoms with van der Waals surface area (Å²) in [6, 6.07) is 14.4. The SMILES string of the molecule is CC(C)(C)c1ccc(-c2nc(-c3cccc([N+](=O)[O-])c3)n[nH]2)cc1. The summed E-state index contributed by atoms with van der Waals surface area (Å²) < 4.78 is 0. The molecule has 0 spiro atoms. The number of nitrogens with one attached hydrogen (secondary N) is 1. The minimum absolute atomic E-state index is 0.0216. The highest BCUT2D eigenvalue weighted by Crippen LogP contribution is 2.26. The molecule has 0 unspecified atom stereocenters. The number of aromatic amines is 1. The van der Waals surface area contributed by atoms with Gasteiger partial charge in [0.15, 0.2) is 11.6 Å². The van der Waals surface area contributed by atoms with Gasteiger partial charge in [0.2, 0.25) is 0 Å². The molecule has 1 heterocycles. The maximum Gasteiger partial charge on any atom is 0.270 e. The first kappa shape index (κ1) is 15.9. The zero-order chi connectivity index (χ0) is 17.3. The normalized spacial score (nSPS) is 11.5. The fourth-order valence-electron chi connectivity index (χ4n) is 2.41. The average Bonchev–Trinajstić information content (AvgIpc) is 3.04. The molecule has 0 atom stereocenters. The minimum Gasteiger partial charge on any atom is -0.259 e. The van der Waals surface area contributed by atoms with Crippen molar-refractivity contribution in [3.8, 4) is 22.8 Å². The topological polar surface area (TPSA) is 84.7 Å². The molecular formula is C18H18N4O2. The molecule has 122 valence electrons. The van der Waals surface area contributed by atoms with Gasteiger partial charge in [-0.25, -0.2) is 4.98 Å². The third-order valence-corrected chi connectivity index (χ3v) is 3.82. The number of H-pyrrole nitrogens is 1. The lowest BCUT2D eigenvalue weighted by Gasteiger charge is -2.18. The van der Waals surface area contributed by atoms with Crippen LogP contribution in [-0.4, -0.2) is 20.1 Å². The minimum atomic E-state index is -0.428. The van der Waals surface area contributed by atoms with Crippen molar-refractivity contribution in [1.82, 2.24) is 15.2 Å². The van der Waals surface area contributed by atoms with Gasteiger partial charge in [-0.05, 0) is 11.0 Å². The van der Waals surface area contributed by atoms with E-state index >= 15 is 0 Å². The Morgan fingerprint density at radius 3 is 2.38 bits per heavy atom. The molecule has 0 saturated heterocycles. The Morgan fingerprint density at radius 1 is 1.04 bits per heavy atom. The summed E-state index contributed by atoms with van der Waals surface area (Å²) >= 11 is 0. The van der Waals surface area contributed by atoms with E-state index in [0.717, 1.165) is 5.56 Å². The molecule has 0 aliphatic heterocycles. The fourth-order valence-corrected chi connectivity index (χ4v) is 2.41. The largest absolute Gasteiger partial charge is 0.270 e. The van der Waals surface area contributed by atoms with Crippen molar-refractivity contribution in [3.05, 3.63) is 64.2 Å². The second kappa shape index (κ2) is 5.88. The molecule has 0 bridgehead atoms. The van der Waals surface area contributed by atoms with E-state index in [1.54, 1.807) is 12.1 Å². The van der Waals surface area contributed by atoms with Crippen LogP contribution in [0.5, 0.6) is 0 Å². The Labute approximate surface area is 139 Å². The third kappa shape index (κ3) is 3.17. The molecule has 6 nitrogen and oxygen atoms in total. The molecule has 3 aromatic rings. The van der Waals surface area contributed by atoms with Gasteiger partial charge >= 0.3 is 0 Å². The molecule has 6 heteroatoms. The standard InChI is InChI=1S/C18H18N4O2/c1-18(2,3)14-9-7-12(8-10-14)16-19-17(21-20-16)13-5-4-6-15(11-13)22(23)24/h4-11H,1-3H3,(H,19,20,21). The molecule has 0 saturated carbocycles. The second-order valence-corrected chi connectivity index (χ2v) is 6.64. The predicted octanol–water partition coefficient (Wildman–Crippen LogP) is 4.34. The highest BCUT2D eigenvalue weighted by molar-refractivity contribution is 5.63. The Hall–Kier alpha value is -3.02. The first-order chi connectivity index (χ1) is 11.3. The molecule has 1 N–H and O–H groups in total. The summed E-state index contributed by atoms with van der Waals surface area (Å²) in [4.78, 5) is 14.9. The molecule has 0 aliphatic rings. The van der Waals surface area contributed by atoms with Crippen LogP contribution in [0, 0.1) is 10.1 Å². The molecule has 0 radical (unpaired) electrons. The summed E-state index contributed by atoms with van der Waals surface area (Å²) in [5.41, 5.74) is 2.89. The van der Waals surface area contributed by atoms with Crippen molar-refractivity contribution >= 4 is 5.69 Å². The number of rotatable bonds is 3. The van der Waals surface area contributed by atoms with E-state index in [1.807, 2.05) is 12.1 Å². The first-order valence-corrected chi connectivity index (χ1v) is 7.63. The van der Waals surface area contributed by atoms with E-state index in [9.17, 15) is 10.1 Å². The molecule has 3 rings (SSSR count). The summed E-state index contributed by atoms with van der Waals surface area (Å²) in [7, 11) is 0. The van der Waals surface area contributed by atoms with E-state index in [4.69, 9.17) is 0 Å².